The number of rotatable bonds is 8. The largest absolute Gasteiger partial charge is 0.490 e. The van der Waals surface area contributed by atoms with Gasteiger partial charge in [0.25, 0.3) is 17.7 Å². The summed E-state index contributed by atoms with van der Waals surface area (Å²) >= 11 is 21.5. The third kappa shape index (κ3) is 6.59. The van der Waals surface area contributed by atoms with Crippen LogP contribution in [0.15, 0.2) is 64.6 Å². The average Bonchev–Trinajstić information content (AvgIpc) is 2.89. The first-order valence-electron chi connectivity index (χ1n) is 11.6. The van der Waals surface area contributed by atoms with E-state index in [4.69, 9.17) is 44.3 Å². The molecule has 0 atom stereocenters. The number of halogens is 4. The van der Waals surface area contributed by atoms with Gasteiger partial charge in [-0.25, -0.2) is 9.69 Å². The first kappa shape index (κ1) is 29.4. The van der Waals surface area contributed by atoms with Crippen molar-refractivity contribution in [2.45, 2.75) is 6.92 Å². The molecule has 1 heterocycles. The Morgan fingerprint density at radius 2 is 1.75 bits per heavy atom. The molecule has 0 radical (unpaired) electrons. The molecule has 40 heavy (non-hydrogen) atoms. The first-order valence-corrected chi connectivity index (χ1v) is 13.5. The van der Waals surface area contributed by atoms with E-state index in [0.29, 0.717) is 20.7 Å². The Morgan fingerprint density at radius 1 is 1.00 bits per heavy atom. The number of carbonyl (C=O) groups is 4. The van der Waals surface area contributed by atoms with Crippen molar-refractivity contribution < 1.29 is 28.7 Å². The lowest BCUT2D eigenvalue weighted by Crippen LogP contribution is -2.54. The van der Waals surface area contributed by atoms with Gasteiger partial charge in [0, 0.05) is 0 Å². The Balaban J connectivity index is 1.59. The molecule has 1 saturated heterocycles. The highest BCUT2D eigenvalue weighted by atomic mass is 79.9. The molecule has 0 spiro atoms. The molecule has 3 aromatic carbocycles. The molecule has 1 fully saturated rings. The van der Waals surface area contributed by atoms with Gasteiger partial charge >= 0.3 is 6.03 Å². The van der Waals surface area contributed by atoms with Crippen LogP contribution in [0.5, 0.6) is 11.5 Å². The second-order valence-electron chi connectivity index (χ2n) is 8.14. The molecule has 13 heteroatoms. The van der Waals surface area contributed by atoms with Crippen molar-refractivity contribution in [1.29, 1.82) is 0 Å². The highest BCUT2D eigenvalue weighted by molar-refractivity contribution is 9.10. The van der Waals surface area contributed by atoms with Crippen LogP contribution in [0.2, 0.25) is 15.1 Å². The third-order valence-corrected chi connectivity index (χ3v) is 7.06. The number of hydrogen-bond acceptors (Lipinski definition) is 6. The molecule has 1 aliphatic heterocycles. The number of nitrogens with zero attached hydrogens (tertiary/aromatic N) is 1. The van der Waals surface area contributed by atoms with E-state index >= 15 is 0 Å². The smallest absolute Gasteiger partial charge is 0.335 e. The normalized spacial score (nSPS) is 14.3. The van der Waals surface area contributed by atoms with Gasteiger partial charge in [0.2, 0.25) is 0 Å². The number of ether oxygens (including phenoxy) is 2. The molecule has 0 bridgehead atoms. The standard InChI is InChI=1S/C27H19BrCl3N3O6/c1-2-39-22-11-14(10-17(28)24(22)40-13-23(35)32-21-6-4-3-5-19(21)30)9-16-25(36)33-27(38)34(26(16)37)15-7-8-18(29)20(31)12-15/h3-12H,2,13H2,1H3,(H,32,35)(H,33,36,38)/b16-9-. The highest BCUT2D eigenvalue weighted by Crippen LogP contribution is 2.38. The molecule has 4 rings (SSSR count). The van der Waals surface area contributed by atoms with Crippen LogP contribution in [0.1, 0.15) is 12.5 Å². The van der Waals surface area contributed by atoms with Gasteiger partial charge in [-0.15, -0.1) is 0 Å². The summed E-state index contributed by atoms with van der Waals surface area (Å²) in [5.41, 5.74) is 0.635. The Bertz CT molecular complexity index is 1560. The van der Waals surface area contributed by atoms with Crippen LogP contribution in [0, 0.1) is 0 Å². The molecule has 3 aromatic rings. The molecule has 9 nitrogen and oxygen atoms in total. The summed E-state index contributed by atoms with van der Waals surface area (Å²) in [6.45, 7) is 1.66. The number of imide groups is 2. The Kier molecular flexibility index (Phi) is 9.36. The van der Waals surface area contributed by atoms with Gasteiger partial charge < -0.3 is 14.8 Å². The fraction of sp³-hybridized carbons (Fsp3) is 0.111. The maximum atomic E-state index is 13.2. The van der Waals surface area contributed by atoms with Crippen molar-refractivity contribution in [3.8, 4) is 11.5 Å². The predicted octanol–water partition coefficient (Wildman–Crippen LogP) is 6.49. The minimum absolute atomic E-state index is 0.128. The lowest BCUT2D eigenvalue weighted by Gasteiger charge is -2.26. The molecule has 0 aromatic heterocycles. The monoisotopic (exact) mass is 665 g/mol. The molecule has 0 aliphatic carbocycles. The van der Waals surface area contributed by atoms with Gasteiger partial charge in [-0.3, -0.25) is 19.7 Å². The van der Waals surface area contributed by atoms with Crippen molar-refractivity contribution in [2.75, 3.05) is 23.4 Å². The van der Waals surface area contributed by atoms with Crippen molar-refractivity contribution in [1.82, 2.24) is 5.32 Å². The van der Waals surface area contributed by atoms with Crippen molar-refractivity contribution in [3.05, 3.63) is 85.3 Å². The quantitative estimate of drug-likeness (QED) is 0.210. The van der Waals surface area contributed by atoms with Crippen molar-refractivity contribution >= 4 is 91.9 Å². The number of carbonyl (C=O) groups excluding carboxylic acids is 4. The Hall–Kier alpha value is -3.57. The number of barbiturate groups is 1. The van der Waals surface area contributed by atoms with E-state index in [1.807, 2.05) is 0 Å². The van der Waals surface area contributed by atoms with Gasteiger partial charge in [0.15, 0.2) is 18.1 Å². The first-order chi connectivity index (χ1) is 19.1. The van der Waals surface area contributed by atoms with Crippen molar-refractivity contribution in [2.24, 2.45) is 0 Å². The SMILES string of the molecule is CCOc1cc(/C=C2/C(=O)NC(=O)N(c3ccc(Cl)c(Cl)c3)C2=O)cc(Br)c1OCC(=O)Nc1ccccc1Cl. The number of amides is 5. The van der Waals surface area contributed by atoms with Crippen LogP contribution in [0.4, 0.5) is 16.2 Å². The van der Waals surface area contributed by atoms with E-state index < -0.39 is 23.8 Å². The average molecular weight is 668 g/mol. The molecular weight excluding hydrogens is 649 g/mol. The second kappa shape index (κ2) is 12.7. The van der Waals surface area contributed by atoms with Crippen LogP contribution in [0.25, 0.3) is 6.08 Å². The number of anilines is 2. The van der Waals surface area contributed by atoms with E-state index in [0.717, 1.165) is 4.90 Å². The summed E-state index contributed by atoms with van der Waals surface area (Å²) in [5, 5.41) is 5.55. The molecule has 206 valence electrons. The molecule has 1 aliphatic rings. The van der Waals surface area contributed by atoms with E-state index in [9.17, 15) is 19.2 Å². The molecule has 5 amide bonds. The summed E-state index contributed by atoms with van der Waals surface area (Å²) in [6, 6.07) is 13.1. The van der Waals surface area contributed by atoms with Crippen LogP contribution in [-0.2, 0) is 14.4 Å². The summed E-state index contributed by atoms with van der Waals surface area (Å²) < 4.78 is 11.8. The van der Waals surface area contributed by atoms with E-state index in [-0.39, 0.29) is 46.0 Å². The summed E-state index contributed by atoms with van der Waals surface area (Å²) in [5.74, 6) is -1.72. The second-order valence-corrected chi connectivity index (χ2v) is 10.2. The van der Waals surface area contributed by atoms with Crippen LogP contribution in [0.3, 0.4) is 0 Å². The molecule has 0 saturated carbocycles. The summed E-state index contributed by atoms with van der Waals surface area (Å²) in [7, 11) is 0. The predicted molar refractivity (Wildman–Crippen MR) is 156 cm³/mol. The minimum Gasteiger partial charge on any atom is -0.490 e. The maximum Gasteiger partial charge on any atom is 0.335 e. The molecular formula is C27H19BrCl3N3O6. The summed E-state index contributed by atoms with van der Waals surface area (Å²) in [4.78, 5) is 51.6. The van der Waals surface area contributed by atoms with Gasteiger partial charge in [0.1, 0.15) is 5.57 Å². The van der Waals surface area contributed by atoms with Gasteiger partial charge in [-0.05, 0) is 77.0 Å². The fourth-order valence-electron chi connectivity index (χ4n) is 3.64. The molecule has 0 unspecified atom stereocenters. The number of para-hydroxylation sites is 1. The number of urea groups is 1. The zero-order chi connectivity index (χ0) is 29.0. The lowest BCUT2D eigenvalue weighted by atomic mass is 10.1. The topological polar surface area (TPSA) is 114 Å². The zero-order valence-corrected chi connectivity index (χ0v) is 24.5. The number of hydrogen-bond donors (Lipinski definition) is 2. The van der Waals surface area contributed by atoms with E-state index in [2.05, 4.69) is 26.6 Å². The van der Waals surface area contributed by atoms with E-state index in [1.54, 1.807) is 37.3 Å². The number of nitrogens with one attached hydrogen (secondary N) is 2. The van der Waals surface area contributed by atoms with Crippen molar-refractivity contribution in [3.63, 3.8) is 0 Å². The Labute approximate surface area is 252 Å². The third-order valence-electron chi connectivity index (χ3n) is 5.40. The lowest BCUT2D eigenvalue weighted by molar-refractivity contribution is -0.122. The summed E-state index contributed by atoms with van der Waals surface area (Å²) in [6.07, 6.45) is 1.30. The van der Waals surface area contributed by atoms with Crippen LogP contribution >= 0.6 is 50.7 Å². The maximum absolute atomic E-state index is 13.2. The molecule has 2 N–H and O–H groups in total. The highest BCUT2D eigenvalue weighted by Gasteiger charge is 2.37. The van der Waals surface area contributed by atoms with Crippen LogP contribution in [-0.4, -0.2) is 37.0 Å². The van der Waals surface area contributed by atoms with Gasteiger partial charge in [0.05, 0.1) is 37.5 Å². The zero-order valence-electron chi connectivity index (χ0n) is 20.6. The minimum atomic E-state index is -0.930. The van der Waals surface area contributed by atoms with Gasteiger partial charge in [-0.2, -0.15) is 0 Å². The van der Waals surface area contributed by atoms with Gasteiger partial charge in [-0.1, -0.05) is 46.9 Å². The van der Waals surface area contributed by atoms with Crippen LogP contribution < -0.4 is 25.0 Å². The Morgan fingerprint density at radius 3 is 2.45 bits per heavy atom. The fourth-order valence-corrected chi connectivity index (χ4v) is 4.69. The number of benzene rings is 3. The van der Waals surface area contributed by atoms with E-state index in [1.165, 1.54) is 30.3 Å².